The van der Waals surface area contributed by atoms with Gasteiger partial charge >= 0.3 is 0 Å². The number of thiophene rings is 1. The van der Waals surface area contributed by atoms with E-state index in [0.29, 0.717) is 11.9 Å². The van der Waals surface area contributed by atoms with E-state index in [2.05, 4.69) is 53.7 Å². The third-order valence-electron chi connectivity index (χ3n) is 3.07. The molecule has 0 aromatic carbocycles. The molecule has 0 bridgehead atoms. The number of halogens is 1. The van der Waals surface area contributed by atoms with Gasteiger partial charge in [-0.25, -0.2) is 15.8 Å². The smallest absolute Gasteiger partial charge is 0.159 e. The molecule has 5 nitrogen and oxygen atoms in total. The first-order valence-electron chi connectivity index (χ1n) is 6.05. The van der Waals surface area contributed by atoms with E-state index >= 15 is 0 Å². The lowest BCUT2D eigenvalue weighted by molar-refractivity contribution is 0.780. The van der Waals surface area contributed by atoms with Crippen molar-refractivity contribution >= 4 is 38.9 Å². The Balaban J connectivity index is 1.92. The van der Waals surface area contributed by atoms with Crippen LogP contribution >= 0.6 is 27.3 Å². The van der Waals surface area contributed by atoms with Crippen molar-refractivity contribution in [2.24, 2.45) is 5.84 Å². The van der Waals surface area contributed by atoms with Gasteiger partial charge in [-0.05, 0) is 40.2 Å². The highest BCUT2D eigenvalue weighted by Gasteiger charge is 2.32. The Bertz CT molecular complexity index is 555. The monoisotopic (exact) mass is 339 g/mol. The third-order valence-corrected chi connectivity index (χ3v) is 4.67. The first-order chi connectivity index (χ1) is 9.29. The highest BCUT2D eigenvalue weighted by molar-refractivity contribution is 9.10. The highest BCUT2D eigenvalue weighted by atomic mass is 79.9. The Morgan fingerprint density at radius 3 is 2.95 bits per heavy atom. The average Bonchev–Trinajstić information content (AvgIpc) is 3.14. The minimum atomic E-state index is 0.568. The van der Waals surface area contributed by atoms with Crippen molar-refractivity contribution in [3.8, 4) is 0 Å². The number of nitrogens with zero attached hydrogens (tertiary/aromatic N) is 3. The molecule has 0 aliphatic heterocycles. The van der Waals surface area contributed by atoms with Gasteiger partial charge in [-0.2, -0.15) is 0 Å². The summed E-state index contributed by atoms with van der Waals surface area (Å²) in [5.41, 5.74) is 2.59. The predicted molar refractivity (Wildman–Crippen MR) is 81.1 cm³/mol. The van der Waals surface area contributed by atoms with Crippen molar-refractivity contribution in [3.05, 3.63) is 33.2 Å². The van der Waals surface area contributed by atoms with Crippen LogP contribution in [0, 0.1) is 0 Å². The van der Waals surface area contributed by atoms with Gasteiger partial charge in [0.05, 0.1) is 6.54 Å². The number of hydrazine groups is 1. The maximum absolute atomic E-state index is 5.46. The number of nitrogen functional groups attached to an aromatic ring is 1. The number of nitrogens with two attached hydrogens (primary N) is 1. The largest absolute Gasteiger partial charge is 0.347 e. The van der Waals surface area contributed by atoms with Gasteiger partial charge in [-0.3, -0.25) is 0 Å². The quantitative estimate of drug-likeness (QED) is 0.647. The maximum Gasteiger partial charge on any atom is 0.159 e. The van der Waals surface area contributed by atoms with E-state index in [1.54, 1.807) is 17.7 Å². The van der Waals surface area contributed by atoms with Gasteiger partial charge < -0.3 is 10.3 Å². The average molecular weight is 340 g/mol. The second-order valence-corrected chi connectivity index (χ2v) is 6.27. The summed E-state index contributed by atoms with van der Waals surface area (Å²) in [6.07, 6.45) is 3.97. The molecule has 3 rings (SSSR count). The van der Waals surface area contributed by atoms with Crippen LogP contribution in [-0.4, -0.2) is 16.0 Å². The zero-order valence-corrected chi connectivity index (χ0v) is 12.6. The molecule has 0 spiro atoms. The Morgan fingerprint density at radius 1 is 1.47 bits per heavy atom. The van der Waals surface area contributed by atoms with E-state index < -0.39 is 0 Å². The van der Waals surface area contributed by atoms with E-state index in [1.165, 1.54) is 17.7 Å². The molecule has 2 aromatic heterocycles. The fourth-order valence-corrected chi connectivity index (χ4v) is 3.24. The third kappa shape index (κ3) is 2.72. The zero-order valence-electron chi connectivity index (χ0n) is 10.2. The lowest BCUT2D eigenvalue weighted by Gasteiger charge is -2.24. The van der Waals surface area contributed by atoms with Crippen LogP contribution in [0.25, 0.3) is 0 Å². The van der Waals surface area contributed by atoms with Crippen LogP contribution in [0.1, 0.15) is 17.7 Å². The summed E-state index contributed by atoms with van der Waals surface area (Å²) in [5, 5.41) is 2.10. The first kappa shape index (κ1) is 12.8. The second-order valence-electron chi connectivity index (χ2n) is 4.44. The predicted octanol–water partition coefficient (Wildman–Crippen LogP) is 2.76. The van der Waals surface area contributed by atoms with Gasteiger partial charge in [0.25, 0.3) is 0 Å². The van der Waals surface area contributed by atoms with E-state index in [1.807, 2.05) is 0 Å². The summed E-state index contributed by atoms with van der Waals surface area (Å²) in [6.45, 7) is 0.877. The number of rotatable bonds is 5. The minimum Gasteiger partial charge on any atom is -0.347 e. The van der Waals surface area contributed by atoms with E-state index in [4.69, 9.17) is 5.84 Å². The molecule has 1 aliphatic carbocycles. The number of hydrogen-bond acceptors (Lipinski definition) is 6. The van der Waals surface area contributed by atoms with Crippen molar-refractivity contribution in [1.29, 1.82) is 0 Å². The standard InChI is InChI=1S/C12H14BrN5S/c13-10-11(17-14)15-7-16-12(10)18(8-3-4-8)6-9-2-1-5-19-9/h1-2,5,7-8H,3-4,6,14H2,(H,15,16,17). The lowest BCUT2D eigenvalue weighted by Crippen LogP contribution is -2.26. The van der Waals surface area contributed by atoms with Gasteiger partial charge in [-0.15, -0.1) is 11.3 Å². The van der Waals surface area contributed by atoms with Crippen molar-refractivity contribution in [2.45, 2.75) is 25.4 Å². The van der Waals surface area contributed by atoms with Gasteiger partial charge in [0.15, 0.2) is 5.82 Å². The summed E-state index contributed by atoms with van der Waals surface area (Å²) in [6, 6.07) is 4.79. The molecule has 100 valence electrons. The molecule has 0 saturated heterocycles. The fourth-order valence-electron chi connectivity index (χ4n) is 1.99. The van der Waals surface area contributed by atoms with Gasteiger partial charge in [0.1, 0.15) is 16.6 Å². The van der Waals surface area contributed by atoms with Gasteiger partial charge in [0, 0.05) is 10.9 Å². The molecular formula is C12H14BrN5S. The molecule has 7 heteroatoms. The molecule has 19 heavy (non-hydrogen) atoms. The van der Waals surface area contributed by atoms with Crippen LogP contribution in [0.2, 0.25) is 0 Å². The molecule has 2 heterocycles. The van der Waals surface area contributed by atoms with E-state index in [9.17, 15) is 0 Å². The van der Waals surface area contributed by atoms with E-state index in [0.717, 1.165) is 16.8 Å². The van der Waals surface area contributed by atoms with Crippen LogP contribution < -0.4 is 16.2 Å². The second kappa shape index (κ2) is 5.44. The molecule has 1 saturated carbocycles. The molecule has 3 N–H and O–H groups in total. The van der Waals surface area contributed by atoms with Crippen molar-refractivity contribution in [3.63, 3.8) is 0 Å². The summed E-state index contributed by atoms with van der Waals surface area (Å²) < 4.78 is 0.820. The molecule has 0 radical (unpaired) electrons. The molecular weight excluding hydrogens is 326 g/mol. The summed E-state index contributed by atoms with van der Waals surface area (Å²) in [5.74, 6) is 6.98. The van der Waals surface area contributed by atoms with Gasteiger partial charge in [0.2, 0.25) is 0 Å². The number of anilines is 2. The van der Waals surface area contributed by atoms with Crippen LogP contribution in [-0.2, 0) is 6.54 Å². The van der Waals surface area contributed by atoms with Crippen molar-refractivity contribution < 1.29 is 0 Å². The summed E-state index contributed by atoms with van der Waals surface area (Å²) >= 11 is 5.30. The molecule has 0 unspecified atom stereocenters. The zero-order chi connectivity index (χ0) is 13.2. The van der Waals surface area contributed by atoms with Crippen LogP contribution in [0.3, 0.4) is 0 Å². The lowest BCUT2D eigenvalue weighted by atomic mass is 10.3. The SMILES string of the molecule is NNc1ncnc(N(Cc2cccs2)C2CC2)c1Br. The Labute approximate surface area is 124 Å². The highest BCUT2D eigenvalue weighted by Crippen LogP contribution is 2.37. The number of hydrogen-bond donors (Lipinski definition) is 2. The Hall–Kier alpha value is -1.18. The van der Waals surface area contributed by atoms with Gasteiger partial charge in [-0.1, -0.05) is 6.07 Å². The summed E-state index contributed by atoms with van der Waals surface area (Å²) in [4.78, 5) is 12.2. The normalized spacial score (nSPS) is 14.4. The van der Waals surface area contributed by atoms with Crippen molar-refractivity contribution in [2.75, 3.05) is 10.3 Å². The molecule has 1 fully saturated rings. The Morgan fingerprint density at radius 2 is 2.32 bits per heavy atom. The fraction of sp³-hybridized carbons (Fsp3) is 0.333. The number of aromatic nitrogens is 2. The molecule has 1 aliphatic rings. The Kier molecular flexibility index (Phi) is 3.67. The minimum absolute atomic E-state index is 0.568. The molecule has 2 aromatic rings. The van der Waals surface area contributed by atoms with Crippen LogP contribution in [0.5, 0.6) is 0 Å². The number of nitrogens with one attached hydrogen (secondary N) is 1. The summed E-state index contributed by atoms with van der Waals surface area (Å²) in [7, 11) is 0. The van der Waals surface area contributed by atoms with Crippen molar-refractivity contribution in [1.82, 2.24) is 9.97 Å². The van der Waals surface area contributed by atoms with Crippen LogP contribution in [0.15, 0.2) is 28.3 Å². The topological polar surface area (TPSA) is 67.1 Å². The maximum atomic E-state index is 5.46. The first-order valence-corrected chi connectivity index (χ1v) is 7.73. The molecule has 0 amide bonds. The molecule has 0 atom stereocenters. The van der Waals surface area contributed by atoms with Crippen LogP contribution in [0.4, 0.5) is 11.6 Å². The van der Waals surface area contributed by atoms with E-state index in [-0.39, 0.29) is 0 Å².